The highest BCUT2D eigenvalue weighted by Gasteiger charge is 2.21. The Hall–Kier alpha value is -1.91. The summed E-state index contributed by atoms with van der Waals surface area (Å²) in [6, 6.07) is 5.08. The summed E-state index contributed by atoms with van der Waals surface area (Å²) in [5, 5.41) is 11.3. The van der Waals surface area contributed by atoms with Crippen molar-refractivity contribution in [2.45, 2.75) is 26.3 Å². The van der Waals surface area contributed by atoms with Gasteiger partial charge >= 0.3 is 5.97 Å². The van der Waals surface area contributed by atoms with Gasteiger partial charge in [0.25, 0.3) is 5.91 Å². The highest BCUT2D eigenvalue weighted by atomic mass is 19.1. The van der Waals surface area contributed by atoms with E-state index in [4.69, 9.17) is 5.11 Å². The summed E-state index contributed by atoms with van der Waals surface area (Å²) in [6.07, 6.45) is -0.183. The third-order valence-corrected chi connectivity index (χ3v) is 2.63. The number of nitrogens with one attached hydrogen (secondary N) is 1. The standard InChI is InChI=1S/C13H16FNO3/c1-8(2)11(7-12(16)17)15-13(18)9-5-3-4-6-10(9)14/h3-6,8,11H,7H2,1-2H3,(H,15,18)(H,16,17). The summed E-state index contributed by atoms with van der Waals surface area (Å²) in [4.78, 5) is 22.5. The maximum atomic E-state index is 13.4. The molecule has 0 saturated heterocycles. The second kappa shape index (κ2) is 6.14. The highest BCUT2D eigenvalue weighted by Crippen LogP contribution is 2.10. The largest absolute Gasteiger partial charge is 0.481 e. The van der Waals surface area contributed by atoms with Crippen molar-refractivity contribution < 1.29 is 19.1 Å². The van der Waals surface area contributed by atoms with Gasteiger partial charge in [0.1, 0.15) is 5.82 Å². The molecule has 0 aromatic heterocycles. The van der Waals surface area contributed by atoms with Crippen molar-refractivity contribution in [2.75, 3.05) is 0 Å². The molecule has 4 nitrogen and oxygen atoms in total. The van der Waals surface area contributed by atoms with Gasteiger partial charge < -0.3 is 10.4 Å². The Labute approximate surface area is 105 Å². The Balaban J connectivity index is 2.79. The van der Waals surface area contributed by atoms with Gasteiger partial charge in [-0.1, -0.05) is 26.0 Å². The molecule has 0 aliphatic heterocycles. The molecule has 98 valence electrons. The summed E-state index contributed by atoms with van der Waals surface area (Å²) in [7, 11) is 0. The molecule has 0 fully saturated rings. The number of carboxylic acids is 1. The molecule has 1 rings (SSSR count). The average Bonchev–Trinajstić information content (AvgIpc) is 2.27. The molecule has 0 spiro atoms. The Kier molecular flexibility index (Phi) is 4.83. The molecular formula is C13H16FNO3. The number of carbonyl (C=O) groups is 2. The molecule has 1 atom stereocenters. The lowest BCUT2D eigenvalue weighted by Crippen LogP contribution is -2.40. The number of halogens is 1. The van der Waals surface area contributed by atoms with Crippen molar-refractivity contribution in [3.8, 4) is 0 Å². The van der Waals surface area contributed by atoms with Gasteiger partial charge in [0, 0.05) is 6.04 Å². The molecule has 1 aromatic rings. The van der Waals surface area contributed by atoms with Crippen LogP contribution in [-0.2, 0) is 4.79 Å². The van der Waals surface area contributed by atoms with Crippen LogP contribution in [0.1, 0.15) is 30.6 Å². The van der Waals surface area contributed by atoms with E-state index >= 15 is 0 Å². The van der Waals surface area contributed by atoms with Crippen LogP contribution in [0, 0.1) is 11.7 Å². The summed E-state index contributed by atoms with van der Waals surface area (Å²) >= 11 is 0. The number of carbonyl (C=O) groups excluding carboxylic acids is 1. The predicted molar refractivity (Wildman–Crippen MR) is 64.7 cm³/mol. The van der Waals surface area contributed by atoms with E-state index < -0.39 is 23.7 Å². The summed E-state index contributed by atoms with van der Waals surface area (Å²) in [5.41, 5.74) is -0.0754. The quantitative estimate of drug-likeness (QED) is 0.844. The fourth-order valence-electron chi connectivity index (χ4n) is 1.53. The van der Waals surface area contributed by atoms with Crippen molar-refractivity contribution in [1.29, 1.82) is 0 Å². The predicted octanol–water partition coefficient (Wildman–Crippen LogP) is 2.05. The van der Waals surface area contributed by atoms with Gasteiger partial charge in [0.05, 0.1) is 12.0 Å². The van der Waals surface area contributed by atoms with E-state index in [1.54, 1.807) is 19.9 Å². The monoisotopic (exact) mass is 253 g/mol. The van der Waals surface area contributed by atoms with Crippen molar-refractivity contribution in [2.24, 2.45) is 5.92 Å². The Bertz CT molecular complexity index is 446. The van der Waals surface area contributed by atoms with Gasteiger partial charge in [-0.25, -0.2) is 4.39 Å². The Morgan fingerprint density at radius 1 is 1.33 bits per heavy atom. The first-order chi connectivity index (χ1) is 8.41. The Morgan fingerprint density at radius 2 is 1.94 bits per heavy atom. The number of rotatable bonds is 5. The van der Waals surface area contributed by atoms with Crippen LogP contribution in [0.5, 0.6) is 0 Å². The minimum atomic E-state index is -0.998. The van der Waals surface area contributed by atoms with E-state index in [0.717, 1.165) is 0 Å². The van der Waals surface area contributed by atoms with E-state index in [0.29, 0.717) is 0 Å². The lowest BCUT2D eigenvalue weighted by Gasteiger charge is -2.20. The molecule has 18 heavy (non-hydrogen) atoms. The van der Waals surface area contributed by atoms with Crippen molar-refractivity contribution in [1.82, 2.24) is 5.32 Å². The van der Waals surface area contributed by atoms with Crippen molar-refractivity contribution in [3.63, 3.8) is 0 Å². The number of benzene rings is 1. The van der Waals surface area contributed by atoms with E-state index in [9.17, 15) is 14.0 Å². The average molecular weight is 253 g/mol. The zero-order valence-electron chi connectivity index (χ0n) is 10.3. The summed E-state index contributed by atoms with van der Waals surface area (Å²) < 4.78 is 13.4. The number of hydrogen-bond acceptors (Lipinski definition) is 2. The number of aliphatic carboxylic acids is 1. The molecule has 2 N–H and O–H groups in total. The number of carboxylic acid groups (broad SMARTS) is 1. The fourth-order valence-corrected chi connectivity index (χ4v) is 1.53. The van der Waals surface area contributed by atoms with Gasteiger partial charge in [0.2, 0.25) is 0 Å². The molecule has 1 unspecified atom stereocenters. The lowest BCUT2D eigenvalue weighted by atomic mass is 10.0. The Morgan fingerprint density at radius 3 is 2.44 bits per heavy atom. The fraction of sp³-hybridized carbons (Fsp3) is 0.385. The molecular weight excluding hydrogens is 237 g/mol. The maximum absolute atomic E-state index is 13.4. The van der Waals surface area contributed by atoms with Crippen LogP contribution in [-0.4, -0.2) is 23.0 Å². The molecule has 0 aliphatic carbocycles. The first kappa shape index (κ1) is 14.2. The normalized spacial score (nSPS) is 12.2. The second-order valence-corrected chi connectivity index (χ2v) is 4.40. The molecule has 1 aromatic carbocycles. The van der Waals surface area contributed by atoms with Gasteiger partial charge in [0.15, 0.2) is 0 Å². The SMILES string of the molecule is CC(C)C(CC(=O)O)NC(=O)c1ccccc1F. The van der Waals surface area contributed by atoms with Crippen LogP contribution in [0.25, 0.3) is 0 Å². The number of hydrogen-bond donors (Lipinski definition) is 2. The van der Waals surface area contributed by atoms with Crippen LogP contribution in [0.4, 0.5) is 4.39 Å². The van der Waals surface area contributed by atoms with Crippen LogP contribution in [0.2, 0.25) is 0 Å². The zero-order valence-corrected chi connectivity index (χ0v) is 10.3. The summed E-state index contributed by atoms with van der Waals surface area (Å²) in [5.74, 6) is -2.25. The summed E-state index contributed by atoms with van der Waals surface area (Å²) in [6.45, 7) is 3.60. The van der Waals surface area contributed by atoms with E-state index in [2.05, 4.69) is 5.32 Å². The van der Waals surface area contributed by atoms with Gasteiger partial charge in [-0.3, -0.25) is 9.59 Å². The maximum Gasteiger partial charge on any atom is 0.305 e. The molecule has 5 heteroatoms. The smallest absolute Gasteiger partial charge is 0.305 e. The minimum absolute atomic E-state index is 0.0446. The topological polar surface area (TPSA) is 66.4 Å². The third kappa shape index (κ3) is 3.84. The second-order valence-electron chi connectivity index (χ2n) is 4.40. The first-order valence-electron chi connectivity index (χ1n) is 5.69. The molecule has 1 amide bonds. The van der Waals surface area contributed by atoms with Gasteiger partial charge in [-0.15, -0.1) is 0 Å². The first-order valence-corrected chi connectivity index (χ1v) is 5.69. The van der Waals surface area contributed by atoms with Crippen molar-refractivity contribution in [3.05, 3.63) is 35.6 Å². The van der Waals surface area contributed by atoms with Crippen LogP contribution in [0.15, 0.2) is 24.3 Å². The third-order valence-electron chi connectivity index (χ3n) is 2.63. The molecule has 0 aliphatic rings. The van der Waals surface area contributed by atoms with E-state index in [1.165, 1.54) is 18.2 Å². The highest BCUT2D eigenvalue weighted by molar-refractivity contribution is 5.94. The van der Waals surface area contributed by atoms with Crippen molar-refractivity contribution >= 4 is 11.9 Å². The minimum Gasteiger partial charge on any atom is -0.481 e. The van der Waals surface area contributed by atoms with Gasteiger partial charge in [-0.2, -0.15) is 0 Å². The van der Waals surface area contributed by atoms with Crippen LogP contribution in [0.3, 0.4) is 0 Å². The molecule has 0 heterocycles. The number of amides is 1. The van der Waals surface area contributed by atoms with E-state index in [-0.39, 0.29) is 17.9 Å². The van der Waals surface area contributed by atoms with Crippen LogP contribution >= 0.6 is 0 Å². The van der Waals surface area contributed by atoms with Gasteiger partial charge in [-0.05, 0) is 18.1 Å². The zero-order chi connectivity index (χ0) is 13.7. The van der Waals surface area contributed by atoms with Crippen LogP contribution < -0.4 is 5.32 Å². The lowest BCUT2D eigenvalue weighted by molar-refractivity contribution is -0.137. The molecule has 0 radical (unpaired) electrons. The molecule has 0 bridgehead atoms. The molecule has 0 saturated carbocycles. The van der Waals surface area contributed by atoms with E-state index in [1.807, 2.05) is 0 Å².